The van der Waals surface area contributed by atoms with Gasteiger partial charge >= 0.3 is 0 Å². The normalized spacial score (nSPS) is 11.0. The molecule has 3 N–H and O–H groups in total. The van der Waals surface area contributed by atoms with E-state index in [9.17, 15) is 9.18 Å². The molecule has 0 atom stereocenters. The van der Waals surface area contributed by atoms with Crippen LogP contribution in [0.25, 0.3) is 0 Å². The van der Waals surface area contributed by atoms with Crippen molar-refractivity contribution >= 4 is 17.9 Å². The molecule has 0 saturated heterocycles. The number of rotatable bonds is 6. The molecule has 0 unspecified atom stereocenters. The largest absolute Gasteiger partial charge is 0.494 e. The van der Waals surface area contributed by atoms with Crippen LogP contribution < -0.4 is 10.5 Å². The van der Waals surface area contributed by atoms with E-state index in [1.807, 2.05) is 6.07 Å². The highest BCUT2D eigenvalue weighted by molar-refractivity contribution is 5.99. The Labute approximate surface area is 148 Å². The number of nitrogens with two attached hydrogens (primary N) is 1. The van der Waals surface area contributed by atoms with Gasteiger partial charge in [-0.05, 0) is 29.3 Å². The molecule has 0 aliphatic rings. The lowest BCUT2D eigenvalue weighted by Crippen LogP contribution is -2.13. The quantitative estimate of drug-likeness (QED) is 0.664. The minimum Gasteiger partial charge on any atom is -0.494 e. The van der Waals surface area contributed by atoms with E-state index in [0.29, 0.717) is 17.7 Å². The molecule has 132 valence electrons. The highest BCUT2D eigenvalue weighted by Gasteiger charge is 2.18. The molecule has 0 spiro atoms. The van der Waals surface area contributed by atoms with Gasteiger partial charge in [-0.1, -0.05) is 12.1 Å². The van der Waals surface area contributed by atoms with Gasteiger partial charge in [-0.2, -0.15) is 5.10 Å². The summed E-state index contributed by atoms with van der Waals surface area (Å²) in [4.78, 5) is 20.1. The van der Waals surface area contributed by atoms with E-state index in [2.05, 4.69) is 20.2 Å². The zero-order valence-electron chi connectivity index (χ0n) is 13.9. The fourth-order valence-corrected chi connectivity index (χ4v) is 2.45. The summed E-state index contributed by atoms with van der Waals surface area (Å²) in [5, 5.41) is 6.85. The molecule has 0 fully saturated rings. The number of aliphatic imine (C=N–C) groups is 1. The van der Waals surface area contributed by atoms with Crippen molar-refractivity contribution in [3.05, 3.63) is 70.9 Å². The summed E-state index contributed by atoms with van der Waals surface area (Å²) in [6.45, 7) is 0. The number of primary amides is 1. The number of carbonyl (C=O) groups is 1. The van der Waals surface area contributed by atoms with Crippen LogP contribution in [0.15, 0.2) is 47.7 Å². The molecular formula is C18H16FN5O2. The Balaban J connectivity index is 1.89. The van der Waals surface area contributed by atoms with Gasteiger partial charge in [0.2, 0.25) is 0 Å². The van der Waals surface area contributed by atoms with E-state index >= 15 is 0 Å². The number of nitrogens with zero attached hydrogens (tertiary/aromatic N) is 3. The van der Waals surface area contributed by atoms with Gasteiger partial charge in [-0.3, -0.25) is 14.9 Å². The lowest BCUT2D eigenvalue weighted by Gasteiger charge is -2.02. The summed E-state index contributed by atoms with van der Waals surface area (Å²) in [6.07, 6.45) is 5.23. The number of hydrogen-bond donors (Lipinski definition) is 2. The molecule has 3 aromatic rings. The molecule has 0 saturated carbocycles. The molecule has 1 aromatic carbocycles. The Bertz CT molecular complexity index is 953. The average Bonchev–Trinajstić information content (AvgIpc) is 3.04. The van der Waals surface area contributed by atoms with E-state index in [1.54, 1.807) is 18.5 Å². The van der Waals surface area contributed by atoms with E-state index in [1.165, 1.54) is 31.5 Å². The third kappa shape index (κ3) is 3.75. The zero-order valence-corrected chi connectivity index (χ0v) is 13.9. The first-order valence-electron chi connectivity index (χ1n) is 7.72. The van der Waals surface area contributed by atoms with Crippen molar-refractivity contribution in [2.24, 2.45) is 10.7 Å². The molecule has 7 nitrogen and oxygen atoms in total. The third-order valence-electron chi connectivity index (χ3n) is 3.68. The molecule has 3 rings (SSSR count). The summed E-state index contributed by atoms with van der Waals surface area (Å²) < 4.78 is 18.4. The van der Waals surface area contributed by atoms with Gasteiger partial charge in [0.1, 0.15) is 5.56 Å². The van der Waals surface area contributed by atoms with Crippen LogP contribution in [-0.2, 0) is 6.42 Å². The summed E-state index contributed by atoms with van der Waals surface area (Å²) in [5.41, 5.74) is 7.74. The molecule has 0 aliphatic carbocycles. The van der Waals surface area contributed by atoms with Crippen LogP contribution >= 0.6 is 0 Å². The summed E-state index contributed by atoms with van der Waals surface area (Å²) in [5.74, 6) is -0.842. The maximum Gasteiger partial charge on any atom is 0.254 e. The van der Waals surface area contributed by atoms with Crippen molar-refractivity contribution in [2.45, 2.75) is 6.42 Å². The van der Waals surface area contributed by atoms with Crippen LogP contribution in [0.5, 0.6) is 5.75 Å². The first-order chi connectivity index (χ1) is 12.6. The number of methoxy groups -OCH3 is 1. The Hall–Kier alpha value is -3.55. The van der Waals surface area contributed by atoms with Crippen molar-refractivity contribution < 1.29 is 13.9 Å². The zero-order chi connectivity index (χ0) is 18.5. The maximum absolute atomic E-state index is 13.5. The van der Waals surface area contributed by atoms with Gasteiger partial charge in [-0.25, -0.2) is 9.38 Å². The monoisotopic (exact) mass is 353 g/mol. The summed E-state index contributed by atoms with van der Waals surface area (Å²) >= 11 is 0. The third-order valence-corrected chi connectivity index (χ3v) is 3.68. The molecule has 1 amide bonds. The molecule has 8 heteroatoms. The van der Waals surface area contributed by atoms with E-state index in [4.69, 9.17) is 10.5 Å². The molecule has 0 radical (unpaired) electrons. The predicted octanol–water partition coefficient (Wildman–Crippen LogP) is 2.39. The molecule has 0 bridgehead atoms. The minimum atomic E-state index is -0.638. The number of nitrogens with one attached hydrogen (secondary N) is 1. The van der Waals surface area contributed by atoms with E-state index < -0.39 is 11.7 Å². The SMILES string of the molecule is COc1cc(C=Nc2n[nH]c(Cc3cccnc3)c2C(N)=O)ccc1F. The number of H-pyrrole nitrogens is 1. The van der Waals surface area contributed by atoms with Crippen LogP contribution in [0.1, 0.15) is 27.2 Å². The number of aromatic nitrogens is 3. The number of amides is 1. The second kappa shape index (κ2) is 7.56. The van der Waals surface area contributed by atoms with Gasteiger partial charge in [0.05, 0.1) is 12.8 Å². The first-order valence-corrected chi connectivity index (χ1v) is 7.72. The maximum atomic E-state index is 13.5. The Morgan fingerprint density at radius 3 is 2.96 bits per heavy atom. The lowest BCUT2D eigenvalue weighted by atomic mass is 10.1. The van der Waals surface area contributed by atoms with Crippen LogP contribution in [-0.4, -0.2) is 34.4 Å². The summed E-state index contributed by atoms with van der Waals surface area (Å²) in [6, 6.07) is 7.98. The van der Waals surface area contributed by atoms with Crippen LogP contribution in [0.3, 0.4) is 0 Å². The lowest BCUT2D eigenvalue weighted by molar-refractivity contribution is 0.100. The topological polar surface area (TPSA) is 106 Å². The van der Waals surface area contributed by atoms with Crippen molar-refractivity contribution in [3.8, 4) is 5.75 Å². The number of ether oxygens (including phenoxy) is 1. The molecular weight excluding hydrogens is 337 g/mol. The molecule has 26 heavy (non-hydrogen) atoms. The Kier molecular flexibility index (Phi) is 5.02. The van der Waals surface area contributed by atoms with E-state index in [0.717, 1.165) is 5.56 Å². The fourth-order valence-electron chi connectivity index (χ4n) is 2.45. The first kappa shape index (κ1) is 17.3. The van der Waals surface area contributed by atoms with Crippen LogP contribution in [0.2, 0.25) is 0 Å². The van der Waals surface area contributed by atoms with Gasteiger partial charge in [-0.15, -0.1) is 0 Å². The Morgan fingerprint density at radius 1 is 1.42 bits per heavy atom. The van der Waals surface area contributed by atoms with Crippen LogP contribution in [0.4, 0.5) is 10.2 Å². The predicted molar refractivity (Wildman–Crippen MR) is 94.4 cm³/mol. The molecule has 0 aliphatic heterocycles. The Morgan fingerprint density at radius 2 is 2.27 bits per heavy atom. The van der Waals surface area contributed by atoms with E-state index in [-0.39, 0.29) is 17.1 Å². The second-order valence-electron chi connectivity index (χ2n) is 5.46. The average molecular weight is 353 g/mol. The number of benzene rings is 1. The van der Waals surface area contributed by atoms with Crippen molar-refractivity contribution in [3.63, 3.8) is 0 Å². The molecule has 2 heterocycles. The second-order valence-corrected chi connectivity index (χ2v) is 5.46. The number of hydrogen-bond acceptors (Lipinski definition) is 5. The standard InChI is InChI=1S/C18H16FN5O2/c1-26-15-8-12(4-5-13(15)19)10-22-18-16(17(20)25)14(23-24-18)7-11-3-2-6-21-9-11/h2-6,8-10H,7H2,1H3,(H2,20,25)(H,23,24). The van der Waals surface area contributed by atoms with Gasteiger partial charge in [0.15, 0.2) is 17.4 Å². The number of aromatic amines is 1. The summed E-state index contributed by atoms with van der Waals surface area (Å²) in [7, 11) is 1.38. The van der Waals surface area contributed by atoms with Crippen LogP contribution in [0, 0.1) is 5.82 Å². The number of pyridine rings is 1. The van der Waals surface area contributed by atoms with Gasteiger partial charge in [0.25, 0.3) is 5.91 Å². The smallest absolute Gasteiger partial charge is 0.254 e. The molecule has 2 aromatic heterocycles. The number of halogens is 1. The van der Waals surface area contributed by atoms with Crippen molar-refractivity contribution in [1.82, 2.24) is 15.2 Å². The van der Waals surface area contributed by atoms with Gasteiger partial charge < -0.3 is 10.5 Å². The van der Waals surface area contributed by atoms with Crippen molar-refractivity contribution in [2.75, 3.05) is 7.11 Å². The number of carbonyl (C=O) groups excluding carboxylic acids is 1. The highest BCUT2D eigenvalue weighted by atomic mass is 19.1. The van der Waals surface area contributed by atoms with Gasteiger partial charge in [0, 0.05) is 25.0 Å². The fraction of sp³-hybridized carbons (Fsp3) is 0.111. The minimum absolute atomic E-state index is 0.100. The van der Waals surface area contributed by atoms with Crippen molar-refractivity contribution in [1.29, 1.82) is 0 Å². The highest BCUT2D eigenvalue weighted by Crippen LogP contribution is 2.22.